The molecule has 1 saturated carbocycles. The van der Waals surface area contributed by atoms with Crippen LogP contribution in [0.4, 0.5) is 0 Å². The Morgan fingerprint density at radius 3 is 3.00 bits per heavy atom. The summed E-state index contributed by atoms with van der Waals surface area (Å²) in [6.07, 6.45) is 4.56. The second-order valence-corrected chi connectivity index (χ2v) is 4.19. The van der Waals surface area contributed by atoms with E-state index in [0.717, 1.165) is 12.8 Å². The molecule has 1 fully saturated rings. The largest absolute Gasteiger partial charge is 0.350 e. The minimum atomic E-state index is -1.27. The molecular weight excluding hydrogens is 147 g/mol. The summed E-state index contributed by atoms with van der Waals surface area (Å²) in [5.41, 5.74) is 0.319. The average molecular weight is 164 g/mol. The van der Waals surface area contributed by atoms with Crippen molar-refractivity contribution in [2.45, 2.75) is 38.3 Å². The molecule has 0 aromatic carbocycles. The fourth-order valence-corrected chi connectivity index (χ4v) is 2.87. The lowest BCUT2D eigenvalue weighted by atomic mass is 10.1. The highest BCUT2D eigenvalue weighted by Gasteiger charge is 2.30. The van der Waals surface area contributed by atoms with Gasteiger partial charge < -0.3 is 9.79 Å². The van der Waals surface area contributed by atoms with Gasteiger partial charge in [0.15, 0.2) is 8.38 Å². The van der Waals surface area contributed by atoms with Crippen molar-refractivity contribution >= 4 is 8.38 Å². The molecule has 10 heavy (non-hydrogen) atoms. The maximum atomic E-state index is 6.77. The molecule has 2 unspecified atom stereocenters. The third kappa shape index (κ3) is 1.69. The van der Waals surface area contributed by atoms with E-state index in [1.54, 1.807) is 0 Å². The third-order valence-electron chi connectivity index (χ3n) is 2.41. The van der Waals surface area contributed by atoms with Gasteiger partial charge in [-0.2, -0.15) is 0 Å². The van der Waals surface area contributed by atoms with E-state index in [2.05, 4.69) is 16.7 Å². The Balaban J connectivity index is 2.47. The zero-order chi connectivity index (χ0) is 8.97. The van der Waals surface area contributed by atoms with Crippen LogP contribution in [0.1, 0.15) is 32.6 Å². The van der Waals surface area contributed by atoms with Crippen LogP contribution in [0.25, 0.3) is 0 Å². The molecule has 60 valence electrons. The molecule has 0 aliphatic heterocycles. The molecule has 1 aliphatic rings. The van der Waals surface area contributed by atoms with Crippen molar-refractivity contribution < 1.29 is 9.79 Å². The monoisotopic (exact) mass is 164 g/mol. The number of rotatable bonds is 4. The first-order valence-electron chi connectivity index (χ1n) is 4.71. The summed E-state index contributed by atoms with van der Waals surface area (Å²) in [4.78, 5) is 8.84. The number of hydrogen-bond donors (Lipinski definition) is 2. The lowest BCUT2D eigenvalue weighted by Gasteiger charge is -2.17. The van der Waals surface area contributed by atoms with Crippen molar-refractivity contribution in [2.24, 2.45) is 5.92 Å². The predicted molar refractivity (Wildman–Crippen MR) is 42.8 cm³/mol. The molecule has 2 N–H and O–H groups in total. The summed E-state index contributed by atoms with van der Waals surface area (Å²) < 4.78 is 13.5. The molecule has 0 aromatic heterocycles. The fraction of sp³-hybridized carbons (Fsp3) is 1.00. The smallest absolute Gasteiger partial charge is 0.218 e. The van der Waals surface area contributed by atoms with E-state index in [9.17, 15) is 0 Å². The van der Waals surface area contributed by atoms with Crippen LogP contribution in [-0.2, 0) is 0 Å². The molecule has 0 amide bonds. The first-order valence-corrected chi connectivity index (χ1v) is 5.14. The van der Waals surface area contributed by atoms with Gasteiger partial charge in [-0.25, -0.2) is 0 Å². The first kappa shape index (κ1) is 5.93. The minimum Gasteiger partial charge on any atom is -0.350 e. The fourth-order valence-electron chi connectivity index (χ4n) is 1.77. The normalized spacial score (nSPS) is 36.2. The van der Waals surface area contributed by atoms with E-state index in [-0.39, 0.29) is 0 Å². The number of hydrogen-bond acceptors (Lipinski definition) is 2. The highest BCUT2D eigenvalue weighted by atomic mass is 31.2. The van der Waals surface area contributed by atoms with E-state index in [1.165, 1.54) is 12.8 Å². The van der Waals surface area contributed by atoms with Crippen LogP contribution in [0.15, 0.2) is 0 Å². The van der Waals surface area contributed by atoms with E-state index in [4.69, 9.17) is 2.86 Å². The van der Waals surface area contributed by atoms with Crippen molar-refractivity contribution in [1.82, 2.24) is 0 Å². The molecule has 2 nitrogen and oxygen atoms in total. The van der Waals surface area contributed by atoms with Gasteiger partial charge in [-0.3, -0.25) is 0 Å². The summed E-state index contributed by atoms with van der Waals surface area (Å²) in [5.74, 6) is 0.604. The van der Waals surface area contributed by atoms with Gasteiger partial charge in [-0.05, 0) is 18.8 Å². The van der Waals surface area contributed by atoms with Crippen molar-refractivity contribution in [3.05, 3.63) is 0 Å². The van der Waals surface area contributed by atoms with Crippen molar-refractivity contribution in [1.29, 1.82) is 2.86 Å². The van der Waals surface area contributed by atoms with Gasteiger partial charge in [0.1, 0.15) is 0 Å². The van der Waals surface area contributed by atoms with Crippen molar-refractivity contribution in [3.8, 4) is 0 Å². The van der Waals surface area contributed by atoms with Crippen molar-refractivity contribution in [2.75, 3.05) is 0 Å². The Morgan fingerprint density at radius 1 is 1.60 bits per heavy atom. The second kappa shape index (κ2) is 3.66. The van der Waals surface area contributed by atoms with Crippen LogP contribution in [0.2, 0.25) is 0 Å². The Bertz CT molecular complexity index is 133. The van der Waals surface area contributed by atoms with E-state index >= 15 is 0 Å². The lowest BCUT2D eigenvalue weighted by Crippen LogP contribution is -2.10. The molecule has 0 radical (unpaired) electrons. The van der Waals surface area contributed by atoms with Gasteiger partial charge in [0.25, 0.3) is 0 Å². The van der Waals surface area contributed by atoms with Gasteiger partial charge >= 0.3 is 0 Å². The van der Waals surface area contributed by atoms with E-state index in [1.807, 2.05) is 0 Å². The lowest BCUT2D eigenvalue weighted by molar-refractivity contribution is 0.430. The molecular formula is C7H15O2P. The molecule has 2 atom stereocenters. The van der Waals surface area contributed by atoms with Gasteiger partial charge in [-0.1, -0.05) is 19.8 Å². The van der Waals surface area contributed by atoms with Gasteiger partial charge in [0, 0.05) is 5.66 Å². The van der Waals surface area contributed by atoms with Gasteiger partial charge in [0.05, 0.1) is 0 Å². The Hall–Kier alpha value is 0.350. The van der Waals surface area contributed by atoms with Crippen LogP contribution in [0.5, 0.6) is 0 Å². The van der Waals surface area contributed by atoms with Gasteiger partial charge in [-0.15, -0.1) is 0 Å². The second-order valence-electron chi connectivity index (χ2n) is 2.95. The maximum absolute atomic E-state index is 6.77. The molecule has 3 heteroatoms. The average Bonchev–Trinajstić information content (AvgIpc) is 2.55. The van der Waals surface area contributed by atoms with E-state index < -0.39 is 8.38 Å². The zero-order valence-corrected chi connectivity index (χ0v) is 7.14. The topological polar surface area (TPSA) is 40.5 Å². The minimum absolute atomic E-state index is 0.319. The van der Waals surface area contributed by atoms with E-state index in [0.29, 0.717) is 11.6 Å². The zero-order valence-electron chi connectivity index (χ0n) is 8.25. The maximum Gasteiger partial charge on any atom is 0.218 e. The molecule has 0 saturated heterocycles. The molecule has 0 aromatic rings. The summed E-state index contributed by atoms with van der Waals surface area (Å²) in [6.45, 7) is 2.14. The third-order valence-corrected chi connectivity index (χ3v) is 3.64. The van der Waals surface area contributed by atoms with Crippen molar-refractivity contribution in [3.63, 3.8) is 0 Å². The highest BCUT2D eigenvalue weighted by Crippen LogP contribution is 2.46. The highest BCUT2D eigenvalue weighted by molar-refractivity contribution is 7.46. The standard InChI is InChI=1S/C7H15O2P/c1-2-6-4-3-5-7(6)10(8)9/h6-9H,2-5H2,1H3/i8D,9D. The molecule has 0 heterocycles. The van der Waals surface area contributed by atoms with Crippen LogP contribution in [-0.4, -0.2) is 18.3 Å². The molecule has 1 rings (SSSR count). The summed E-state index contributed by atoms with van der Waals surface area (Å²) in [7, 11) is -1.27. The SMILES string of the molecule is [2H]OP(O[2H])C1CCCC1CC. The summed E-state index contributed by atoms with van der Waals surface area (Å²) in [5, 5.41) is 0. The van der Waals surface area contributed by atoms with Crippen LogP contribution >= 0.6 is 8.38 Å². The Labute approximate surface area is 66.2 Å². The molecule has 0 spiro atoms. The van der Waals surface area contributed by atoms with Gasteiger partial charge in [0.2, 0.25) is 2.86 Å². The Morgan fingerprint density at radius 2 is 2.40 bits per heavy atom. The molecule has 1 aliphatic carbocycles. The Kier molecular flexibility index (Phi) is 2.17. The van der Waals surface area contributed by atoms with Crippen LogP contribution in [0, 0.1) is 5.92 Å². The first-order chi connectivity index (χ1) is 5.83. The quantitative estimate of drug-likeness (QED) is 0.622. The summed E-state index contributed by atoms with van der Waals surface area (Å²) >= 11 is 0. The summed E-state index contributed by atoms with van der Waals surface area (Å²) in [6, 6.07) is 0. The predicted octanol–water partition coefficient (Wildman–Crippen LogP) is 1.86. The van der Waals surface area contributed by atoms with Crippen LogP contribution in [0.3, 0.4) is 0 Å². The van der Waals surface area contributed by atoms with Crippen LogP contribution < -0.4 is 0 Å². The molecule has 0 bridgehead atoms.